The third kappa shape index (κ3) is 5.12. The minimum absolute atomic E-state index is 0.0495. The van der Waals surface area contributed by atoms with Gasteiger partial charge in [-0.15, -0.1) is 0 Å². The smallest absolute Gasteiger partial charge is 0.219 e. The number of hydrogen-bond acceptors (Lipinski definition) is 6. The number of rotatable bonds is 6. The van der Waals surface area contributed by atoms with Crippen LogP contribution in [0.4, 0.5) is 0 Å². The van der Waals surface area contributed by atoms with Gasteiger partial charge >= 0.3 is 0 Å². The molecular formula is C14H27N3O5S. The first-order valence-electron chi connectivity index (χ1n) is 8.10. The van der Waals surface area contributed by atoms with Crippen molar-refractivity contribution < 1.29 is 23.1 Å². The number of carbonyl (C=O) groups is 1. The van der Waals surface area contributed by atoms with E-state index in [4.69, 9.17) is 4.74 Å². The largest absolute Gasteiger partial charge is 0.389 e. The van der Waals surface area contributed by atoms with Gasteiger partial charge in [0, 0.05) is 39.6 Å². The number of aliphatic hydroxyl groups excluding tert-OH is 1. The number of ether oxygens (including phenoxy) is 1. The van der Waals surface area contributed by atoms with E-state index >= 15 is 0 Å². The van der Waals surface area contributed by atoms with E-state index in [-0.39, 0.29) is 18.3 Å². The van der Waals surface area contributed by atoms with Crippen LogP contribution in [0.1, 0.15) is 20.3 Å². The van der Waals surface area contributed by atoms with E-state index in [9.17, 15) is 18.3 Å². The highest BCUT2D eigenvalue weighted by atomic mass is 32.2. The second-order valence-corrected chi connectivity index (χ2v) is 8.09. The number of aliphatic hydroxyl groups is 1. The molecular weight excluding hydrogens is 322 g/mol. The molecule has 2 saturated heterocycles. The summed E-state index contributed by atoms with van der Waals surface area (Å²) in [7, 11) is -3.37. The quantitative estimate of drug-likeness (QED) is 0.612. The van der Waals surface area contributed by atoms with E-state index in [2.05, 4.69) is 9.62 Å². The first-order valence-corrected chi connectivity index (χ1v) is 9.75. The molecule has 2 aliphatic heterocycles. The summed E-state index contributed by atoms with van der Waals surface area (Å²) < 4.78 is 31.7. The molecule has 2 aliphatic rings. The van der Waals surface area contributed by atoms with Crippen LogP contribution in [0.2, 0.25) is 0 Å². The second kappa shape index (κ2) is 7.89. The molecule has 9 heteroatoms. The monoisotopic (exact) mass is 349 g/mol. The average molecular weight is 349 g/mol. The Morgan fingerprint density at radius 3 is 2.52 bits per heavy atom. The van der Waals surface area contributed by atoms with E-state index in [0.717, 1.165) is 13.1 Å². The summed E-state index contributed by atoms with van der Waals surface area (Å²) in [5.41, 5.74) is 0. The van der Waals surface area contributed by atoms with Crippen LogP contribution in [0, 0.1) is 0 Å². The molecule has 23 heavy (non-hydrogen) atoms. The van der Waals surface area contributed by atoms with E-state index < -0.39 is 28.3 Å². The lowest BCUT2D eigenvalue weighted by atomic mass is 10.1. The van der Waals surface area contributed by atoms with E-state index in [0.29, 0.717) is 26.1 Å². The first kappa shape index (κ1) is 18.6. The van der Waals surface area contributed by atoms with E-state index in [1.807, 2.05) is 0 Å². The Kier molecular flexibility index (Phi) is 6.38. The maximum Gasteiger partial charge on any atom is 0.219 e. The number of nitrogens with zero attached hydrogens (tertiary/aromatic N) is 2. The lowest BCUT2D eigenvalue weighted by molar-refractivity contribution is -0.130. The molecule has 2 rings (SSSR count). The topological polar surface area (TPSA) is 99.2 Å². The average Bonchev–Trinajstić information content (AvgIpc) is 2.80. The Labute approximate surface area is 137 Å². The number of sulfonamides is 1. The van der Waals surface area contributed by atoms with Gasteiger partial charge in [-0.2, -0.15) is 0 Å². The number of carbonyl (C=O) groups excluding carboxylic acids is 1. The number of amides is 1. The maximum absolute atomic E-state index is 11.8. The molecule has 2 heterocycles. The molecule has 0 bridgehead atoms. The highest BCUT2D eigenvalue weighted by Crippen LogP contribution is 2.17. The zero-order valence-corrected chi connectivity index (χ0v) is 14.6. The van der Waals surface area contributed by atoms with Gasteiger partial charge in [0.1, 0.15) is 0 Å². The van der Waals surface area contributed by atoms with Crippen LogP contribution in [-0.2, 0) is 19.6 Å². The fourth-order valence-electron chi connectivity index (χ4n) is 3.01. The van der Waals surface area contributed by atoms with Gasteiger partial charge in [-0.25, -0.2) is 13.1 Å². The van der Waals surface area contributed by atoms with Gasteiger partial charge in [-0.1, -0.05) is 6.92 Å². The second-order valence-electron chi connectivity index (χ2n) is 6.21. The molecule has 0 radical (unpaired) electrons. The lowest BCUT2D eigenvalue weighted by Gasteiger charge is -2.35. The SMILES string of the molecule is CCCS(=O)(=O)N[C@H]1CO[C@@H](CN2CCN(C(C)=O)CC2)[C@@H]1O. The summed E-state index contributed by atoms with van der Waals surface area (Å²) in [6.07, 6.45) is -0.733. The molecule has 2 N–H and O–H groups in total. The van der Waals surface area contributed by atoms with Crippen LogP contribution in [-0.4, -0.2) is 92.6 Å². The Balaban J connectivity index is 1.81. The summed E-state index contributed by atoms with van der Waals surface area (Å²) >= 11 is 0. The molecule has 0 aromatic rings. The maximum atomic E-state index is 11.8. The van der Waals surface area contributed by atoms with Gasteiger partial charge in [0.2, 0.25) is 15.9 Å². The zero-order valence-electron chi connectivity index (χ0n) is 13.8. The minimum Gasteiger partial charge on any atom is -0.389 e. The van der Waals surface area contributed by atoms with Gasteiger partial charge < -0.3 is 14.7 Å². The first-order chi connectivity index (χ1) is 10.8. The van der Waals surface area contributed by atoms with Gasteiger partial charge in [0.05, 0.1) is 30.6 Å². The van der Waals surface area contributed by atoms with Crippen LogP contribution in [0.25, 0.3) is 0 Å². The van der Waals surface area contributed by atoms with E-state index in [1.165, 1.54) is 0 Å². The van der Waals surface area contributed by atoms with Gasteiger partial charge in [0.25, 0.3) is 0 Å². The fourth-order valence-corrected chi connectivity index (χ4v) is 4.33. The summed E-state index contributed by atoms with van der Waals surface area (Å²) in [5, 5.41) is 10.3. The van der Waals surface area contributed by atoms with Crippen molar-refractivity contribution >= 4 is 15.9 Å². The van der Waals surface area contributed by atoms with Gasteiger partial charge in [-0.3, -0.25) is 9.69 Å². The standard InChI is InChI=1S/C14H27N3O5S/c1-3-8-23(20,21)15-12-10-22-13(14(12)19)9-16-4-6-17(7-5-16)11(2)18/h12-15,19H,3-10H2,1-2H3/t12-,13-,14+/m0/s1. The summed E-state index contributed by atoms with van der Waals surface area (Å²) in [4.78, 5) is 15.2. The van der Waals surface area contributed by atoms with Crippen molar-refractivity contribution in [3.05, 3.63) is 0 Å². The highest BCUT2D eigenvalue weighted by Gasteiger charge is 2.39. The van der Waals surface area contributed by atoms with Crippen molar-refractivity contribution in [1.82, 2.24) is 14.5 Å². The van der Waals surface area contributed by atoms with E-state index in [1.54, 1.807) is 18.7 Å². The predicted octanol–water partition coefficient (Wildman–Crippen LogP) is -1.39. The molecule has 3 atom stereocenters. The van der Waals surface area contributed by atoms with Crippen molar-refractivity contribution in [2.24, 2.45) is 0 Å². The number of piperazine rings is 1. The van der Waals surface area contributed by atoms with Crippen LogP contribution >= 0.6 is 0 Å². The molecule has 0 aliphatic carbocycles. The summed E-state index contributed by atoms with van der Waals surface area (Å²) in [6.45, 7) is 6.89. The molecule has 134 valence electrons. The lowest BCUT2D eigenvalue weighted by Crippen LogP contribution is -2.52. The molecule has 2 fully saturated rings. The number of nitrogens with one attached hydrogen (secondary N) is 1. The Bertz CT molecular complexity index is 505. The Hall–Kier alpha value is -0.740. The minimum atomic E-state index is -3.37. The Morgan fingerprint density at radius 1 is 1.30 bits per heavy atom. The summed E-state index contributed by atoms with van der Waals surface area (Å²) in [5.74, 6) is 0.126. The molecule has 1 amide bonds. The van der Waals surface area contributed by atoms with Crippen LogP contribution in [0.3, 0.4) is 0 Å². The molecule has 8 nitrogen and oxygen atoms in total. The molecule has 0 unspecified atom stereocenters. The van der Waals surface area contributed by atoms with Crippen LogP contribution < -0.4 is 4.72 Å². The van der Waals surface area contributed by atoms with Crippen molar-refractivity contribution in [2.45, 2.75) is 38.5 Å². The molecule has 0 aromatic carbocycles. The van der Waals surface area contributed by atoms with Gasteiger partial charge in [-0.05, 0) is 6.42 Å². The molecule has 0 saturated carbocycles. The molecule has 0 spiro atoms. The third-order valence-corrected chi connectivity index (χ3v) is 5.95. The van der Waals surface area contributed by atoms with Crippen molar-refractivity contribution in [3.63, 3.8) is 0 Å². The summed E-state index contributed by atoms with van der Waals surface area (Å²) in [6, 6.07) is -0.588. The van der Waals surface area contributed by atoms with Crippen molar-refractivity contribution in [1.29, 1.82) is 0 Å². The third-order valence-electron chi connectivity index (χ3n) is 4.34. The van der Waals surface area contributed by atoms with Crippen LogP contribution in [0.15, 0.2) is 0 Å². The van der Waals surface area contributed by atoms with Gasteiger partial charge in [0.15, 0.2) is 0 Å². The predicted molar refractivity (Wildman–Crippen MR) is 85.4 cm³/mol. The Morgan fingerprint density at radius 2 is 1.96 bits per heavy atom. The molecule has 0 aromatic heterocycles. The normalized spacial score (nSPS) is 29.9. The number of hydrogen-bond donors (Lipinski definition) is 2. The fraction of sp³-hybridized carbons (Fsp3) is 0.929. The van der Waals surface area contributed by atoms with Crippen LogP contribution in [0.5, 0.6) is 0 Å². The highest BCUT2D eigenvalue weighted by molar-refractivity contribution is 7.89. The zero-order chi connectivity index (χ0) is 17.0. The van der Waals surface area contributed by atoms with Crippen molar-refractivity contribution in [2.75, 3.05) is 45.1 Å². The van der Waals surface area contributed by atoms with Crippen molar-refractivity contribution in [3.8, 4) is 0 Å².